The predicted molar refractivity (Wildman–Crippen MR) is 71.2 cm³/mol. The summed E-state index contributed by atoms with van der Waals surface area (Å²) in [5, 5.41) is 0. The Bertz CT molecular complexity index is 480. The maximum absolute atomic E-state index is 2.19. The van der Waals surface area contributed by atoms with Gasteiger partial charge >= 0.3 is 0 Å². The Labute approximate surface area is 102 Å². The lowest BCUT2D eigenvalue weighted by Gasteiger charge is -2.10. The summed E-state index contributed by atoms with van der Waals surface area (Å²) in [6, 6.07) is 15.0. The third kappa shape index (κ3) is 2.30. The van der Waals surface area contributed by atoms with E-state index in [0.29, 0.717) is 0 Å². The summed E-state index contributed by atoms with van der Waals surface area (Å²) in [5.41, 5.74) is 4.05. The van der Waals surface area contributed by atoms with Gasteiger partial charge in [-0.1, -0.05) is 48.2 Å². The first-order chi connectivity index (χ1) is 7.68. The van der Waals surface area contributed by atoms with Crippen molar-refractivity contribution in [1.29, 1.82) is 0 Å². The molecule has 0 aliphatic carbocycles. The van der Waals surface area contributed by atoms with Crippen molar-refractivity contribution in [2.45, 2.75) is 30.6 Å². The molecule has 16 heavy (non-hydrogen) atoms. The van der Waals surface area contributed by atoms with Gasteiger partial charge in [0, 0.05) is 9.79 Å². The van der Waals surface area contributed by atoms with Crippen LogP contribution in [0.1, 0.15) is 16.7 Å². The lowest BCUT2D eigenvalue weighted by Crippen LogP contribution is -1.86. The van der Waals surface area contributed by atoms with Crippen LogP contribution in [0.25, 0.3) is 0 Å². The van der Waals surface area contributed by atoms with Crippen molar-refractivity contribution in [3.05, 3.63) is 59.2 Å². The Hall–Kier alpha value is -1.21. The second kappa shape index (κ2) is 4.75. The third-order valence-corrected chi connectivity index (χ3v) is 4.24. The van der Waals surface area contributed by atoms with Crippen LogP contribution in [0.2, 0.25) is 0 Å². The first-order valence-corrected chi connectivity index (χ1v) is 6.30. The standard InChI is InChI=1S/C15H16S/c1-11-7-4-5-10-14(11)16-15-12(2)8-6-9-13(15)3/h4-10H,1-3H3. The van der Waals surface area contributed by atoms with Gasteiger partial charge in [-0.25, -0.2) is 0 Å². The van der Waals surface area contributed by atoms with Gasteiger partial charge in [0.15, 0.2) is 0 Å². The summed E-state index contributed by atoms with van der Waals surface area (Å²) in [5.74, 6) is 0. The number of hydrogen-bond donors (Lipinski definition) is 0. The van der Waals surface area contributed by atoms with Gasteiger partial charge in [0.1, 0.15) is 0 Å². The van der Waals surface area contributed by atoms with Crippen molar-refractivity contribution in [3.8, 4) is 0 Å². The largest absolute Gasteiger partial charge is 0.0893 e. The fraction of sp³-hybridized carbons (Fsp3) is 0.200. The van der Waals surface area contributed by atoms with Crippen LogP contribution in [0.15, 0.2) is 52.3 Å². The molecule has 0 aliphatic rings. The SMILES string of the molecule is Cc1ccccc1Sc1c(C)cccc1C. The monoisotopic (exact) mass is 228 g/mol. The summed E-state index contributed by atoms with van der Waals surface area (Å²) in [4.78, 5) is 2.73. The first-order valence-electron chi connectivity index (χ1n) is 5.48. The second-order valence-electron chi connectivity index (χ2n) is 4.09. The normalized spacial score (nSPS) is 10.4. The van der Waals surface area contributed by atoms with Crippen LogP contribution in [0, 0.1) is 20.8 Å². The quantitative estimate of drug-likeness (QED) is 0.714. The lowest BCUT2D eigenvalue weighted by atomic mass is 10.2. The average molecular weight is 228 g/mol. The van der Waals surface area contributed by atoms with Crippen molar-refractivity contribution in [1.82, 2.24) is 0 Å². The molecule has 0 atom stereocenters. The van der Waals surface area contributed by atoms with E-state index in [0.717, 1.165) is 0 Å². The molecule has 2 rings (SSSR count). The molecule has 0 amide bonds. The van der Waals surface area contributed by atoms with E-state index in [9.17, 15) is 0 Å². The Morgan fingerprint density at radius 2 is 1.25 bits per heavy atom. The van der Waals surface area contributed by atoms with Gasteiger partial charge in [0.2, 0.25) is 0 Å². The van der Waals surface area contributed by atoms with E-state index >= 15 is 0 Å². The maximum atomic E-state index is 2.19. The second-order valence-corrected chi connectivity index (χ2v) is 5.14. The molecule has 0 radical (unpaired) electrons. The number of rotatable bonds is 2. The Kier molecular flexibility index (Phi) is 3.35. The molecule has 0 nitrogen and oxygen atoms in total. The minimum absolute atomic E-state index is 1.34. The lowest BCUT2D eigenvalue weighted by molar-refractivity contribution is 1.20. The van der Waals surface area contributed by atoms with E-state index in [1.807, 2.05) is 11.8 Å². The Balaban J connectivity index is 2.38. The van der Waals surface area contributed by atoms with Crippen molar-refractivity contribution in [3.63, 3.8) is 0 Å². The zero-order valence-electron chi connectivity index (χ0n) is 9.95. The van der Waals surface area contributed by atoms with E-state index < -0.39 is 0 Å². The van der Waals surface area contributed by atoms with Crippen molar-refractivity contribution in [2.24, 2.45) is 0 Å². The predicted octanol–water partition coefficient (Wildman–Crippen LogP) is 4.76. The highest BCUT2D eigenvalue weighted by Crippen LogP contribution is 2.34. The van der Waals surface area contributed by atoms with E-state index in [1.54, 1.807) is 0 Å². The summed E-state index contributed by atoms with van der Waals surface area (Å²) >= 11 is 1.87. The average Bonchev–Trinajstić information content (AvgIpc) is 2.26. The Morgan fingerprint density at radius 1 is 0.688 bits per heavy atom. The molecule has 0 aromatic heterocycles. The van der Waals surface area contributed by atoms with Crippen LogP contribution < -0.4 is 0 Å². The minimum Gasteiger partial charge on any atom is -0.0893 e. The zero-order chi connectivity index (χ0) is 11.5. The van der Waals surface area contributed by atoms with E-state index in [-0.39, 0.29) is 0 Å². The zero-order valence-corrected chi connectivity index (χ0v) is 10.8. The van der Waals surface area contributed by atoms with Crippen molar-refractivity contribution >= 4 is 11.8 Å². The van der Waals surface area contributed by atoms with Gasteiger partial charge in [-0.05, 0) is 43.5 Å². The molecule has 2 aromatic carbocycles. The molecule has 0 N–H and O–H groups in total. The molecular formula is C15H16S. The van der Waals surface area contributed by atoms with Crippen LogP contribution in [0.4, 0.5) is 0 Å². The van der Waals surface area contributed by atoms with Crippen LogP contribution in [-0.4, -0.2) is 0 Å². The molecule has 0 fully saturated rings. The maximum Gasteiger partial charge on any atom is 0.0180 e. The van der Waals surface area contributed by atoms with Gasteiger partial charge in [-0.2, -0.15) is 0 Å². The minimum atomic E-state index is 1.34. The highest BCUT2D eigenvalue weighted by molar-refractivity contribution is 7.99. The molecule has 0 saturated heterocycles. The van der Waals surface area contributed by atoms with Crippen LogP contribution >= 0.6 is 11.8 Å². The molecular weight excluding hydrogens is 212 g/mol. The van der Waals surface area contributed by atoms with Crippen molar-refractivity contribution < 1.29 is 0 Å². The van der Waals surface area contributed by atoms with Gasteiger partial charge in [0.25, 0.3) is 0 Å². The van der Waals surface area contributed by atoms with Crippen LogP contribution in [0.5, 0.6) is 0 Å². The Morgan fingerprint density at radius 3 is 1.88 bits per heavy atom. The molecule has 0 saturated carbocycles. The number of aryl methyl sites for hydroxylation is 3. The molecule has 82 valence electrons. The number of benzene rings is 2. The fourth-order valence-corrected chi connectivity index (χ4v) is 2.79. The van der Waals surface area contributed by atoms with E-state index in [4.69, 9.17) is 0 Å². The van der Waals surface area contributed by atoms with Crippen molar-refractivity contribution in [2.75, 3.05) is 0 Å². The van der Waals surface area contributed by atoms with Crippen LogP contribution in [-0.2, 0) is 0 Å². The van der Waals surface area contributed by atoms with Gasteiger partial charge in [0.05, 0.1) is 0 Å². The molecule has 0 bridgehead atoms. The van der Waals surface area contributed by atoms with E-state index in [2.05, 4.69) is 63.2 Å². The molecule has 0 spiro atoms. The first kappa shape index (κ1) is 11.3. The van der Waals surface area contributed by atoms with Crippen LogP contribution in [0.3, 0.4) is 0 Å². The van der Waals surface area contributed by atoms with Gasteiger partial charge in [-0.3, -0.25) is 0 Å². The summed E-state index contributed by atoms with van der Waals surface area (Å²) < 4.78 is 0. The summed E-state index contributed by atoms with van der Waals surface area (Å²) in [6.07, 6.45) is 0. The molecule has 0 aliphatic heterocycles. The topological polar surface area (TPSA) is 0 Å². The van der Waals surface area contributed by atoms with Gasteiger partial charge < -0.3 is 0 Å². The molecule has 0 unspecified atom stereocenters. The highest BCUT2D eigenvalue weighted by atomic mass is 32.2. The van der Waals surface area contributed by atoms with E-state index in [1.165, 1.54) is 26.5 Å². The smallest absolute Gasteiger partial charge is 0.0180 e. The molecule has 1 heteroatoms. The fourth-order valence-electron chi connectivity index (χ4n) is 1.74. The molecule has 0 heterocycles. The highest BCUT2D eigenvalue weighted by Gasteiger charge is 2.05. The number of hydrogen-bond acceptors (Lipinski definition) is 1. The van der Waals surface area contributed by atoms with Gasteiger partial charge in [-0.15, -0.1) is 0 Å². The third-order valence-electron chi connectivity index (χ3n) is 2.71. The summed E-state index contributed by atoms with van der Waals surface area (Å²) in [6.45, 7) is 6.51. The molecule has 2 aromatic rings. The summed E-state index contributed by atoms with van der Waals surface area (Å²) in [7, 11) is 0.